The maximum atomic E-state index is 12.8. The highest BCUT2D eigenvalue weighted by Crippen LogP contribution is 2.22. The van der Waals surface area contributed by atoms with Crippen LogP contribution in [0, 0.1) is 18.8 Å². The Balaban J connectivity index is 1.82. The fraction of sp³-hybridized carbons (Fsp3) is 0.500. The Hall–Kier alpha value is -1.61. The number of hydrogen-bond donors (Lipinski definition) is 2. The van der Waals surface area contributed by atoms with Gasteiger partial charge in [0, 0.05) is 28.4 Å². The van der Waals surface area contributed by atoms with Crippen LogP contribution in [-0.4, -0.2) is 30.4 Å². The first-order valence-electron chi connectivity index (χ1n) is 7.98. The zero-order valence-electron chi connectivity index (χ0n) is 13.2. The van der Waals surface area contributed by atoms with Gasteiger partial charge in [-0.2, -0.15) is 0 Å². The van der Waals surface area contributed by atoms with E-state index in [-0.39, 0.29) is 5.78 Å². The van der Waals surface area contributed by atoms with E-state index in [0.29, 0.717) is 6.54 Å². The van der Waals surface area contributed by atoms with Crippen molar-refractivity contribution < 1.29 is 9.69 Å². The lowest BCUT2D eigenvalue weighted by molar-refractivity contribution is -0.903. The van der Waals surface area contributed by atoms with Crippen LogP contribution in [0.4, 0.5) is 0 Å². The fourth-order valence-corrected chi connectivity index (χ4v) is 4.02. The van der Waals surface area contributed by atoms with E-state index in [1.54, 1.807) is 0 Å². The van der Waals surface area contributed by atoms with E-state index >= 15 is 0 Å². The van der Waals surface area contributed by atoms with Gasteiger partial charge in [0.25, 0.3) is 0 Å². The molecule has 2 aromatic rings. The summed E-state index contributed by atoms with van der Waals surface area (Å²) in [7, 11) is 0. The maximum Gasteiger partial charge on any atom is 0.219 e. The van der Waals surface area contributed by atoms with Gasteiger partial charge in [0.2, 0.25) is 5.78 Å². The molecule has 1 saturated heterocycles. The van der Waals surface area contributed by atoms with Crippen molar-refractivity contribution in [3.8, 4) is 0 Å². The third kappa shape index (κ3) is 2.88. The van der Waals surface area contributed by atoms with Crippen LogP contribution in [0.1, 0.15) is 36.3 Å². The van der Waals surface area contributed by atoms with Gasteiger partial charge in [-0.1, -0.05) is 32.0 Å². The molecule has 3 rings (SSSR count). The molecule has 1 aliphatic heterocycles. The molecule has 1 aliphatic rings. The summed E-state index contributed by atoms with van der Waals surface area (Å²) in [6.45, 7) is 9.48. The molecular formula is C18H25N2O+. The predicted molar refractivity (Wildman–Crippen MR) is 85.9 cm³/mol. The number of Topliss-reactive ketones (excluding diaryl/α,β-unsaturated/α-hetero) is 1. The van der Waals surface area contributed by atoms with E-state index in [1.807, 2.05) is 31.2 Å². The Bertz CT molecular complexity index is 648. The van der Waals surface area contributed by atoms with Crippen LogP contribution in [-0.2, 0) is 0 Å². The summed E-state index contributed by atoms with van der Waals surface area (Å²) >= 11 is 0. The number of nitrogens with one attached hydrogen (secondary N) is 2. The molecule has 112 valence electrons. The Morgan fingerprint density at radius 3 is 2.62 bits per heavy atom. The zero-order valence-corrected chi connectivity index (χ0v) is 13.2. The van der Waals surface area contributed by atoms with Crippen molar-refractivity contribution in [3.05, 3.63) is 35.5 Å². The average molecular weight is 285 g/mol. The van der Waals surface area contributed by atoms with Crippen LogP contribution in [0.5, 0.6) is 0 Å². The van der Waals surface area contributed by atoms with Gasteiger partial charge in [-0.05, 0) is 19.4 Å². The van der Waals surface area contributed by atoms with Crippen LogP contribution in [0.15, 0.2) is 24.3 Å². The number of carbonyl (C=O) groups is 1. The Kier molecular flexibility index (Phi) is 3.85. The number of carbonyl (C=O) groups excluding carboxylic acids is 1. The lowest BCUT2D eigenvalue weighted by atomic mass is 9.91. The molecule has 1 aromatic carbocycles. The van der Waals surface area contributed by atoms with Crippen molar-refractivity contribution in [1.29, 1.82) is 0 Å². The molecule has 0 amide bonds. The standard InChI is InChI=1S/C18H24N2O/c1-12-8-13(2)10-20(9-12)11-17(21)18-14(3)19-16-7-5-4-6-15(16)18/h4-7,12-13,19H,8-11H2,1-3H3/p+1/t12-,13-/m0/s1. The monoisotopic (exact) mass is 285 g/mol. The van der Waals surface area contributed by atoms with Crippen molar-refractivity contribution in [3.63, 3.8) is 0 Å². The van der Waals surface area contributed by atoms with Gasteiger partial charge in [-0.15, -0.1) is 0 Å². The molecule has 3 heteroatoms. The van der Waals surface area contributed by atoms with Gasteiger partial charge in [-0.3, -0.25) is 4.79 Å². The summed E-state index contributed by atoms with van der Waals surface area (Å²) in [5.41, 5.74) is 2.96. The largest absolute Gasteiger partial charge is 0.358 e. The van der Waals surface area contributed by atoms with E-state index in [4.69, 9.17) is 0 Å². The molecule has 1 fully saturated rings. The van der Waals surface area contributed by atoms with E-state index in [9.17, 15) is 4.79 Å². The number of rotatable bonds is 3. The van der Waals surface area contributed by atoms with E-state index in [2.05, 4.69) is 18.8 Å². The second-order valence-corrected chi connectivity index (χ2v) is 6.87. The van der Waals surface area contributed by atoms with E-state index in [1.165, 1.54) is 11.3 Å². The minimum absolute atomic E-state index is 0.279. The number of fused-ring (bicyclic) bond motifs is 1. The third-order valence-electron chi connectivity index (χ3n) is 4.66. The number of aromatic amines is 1. The molecule has 0 aliphatic carbocycles. The molecule has 2 heterocycles. The minimum atomic E-state index is 0.279. The molecule has 0 unspecified atom stereocenters. The second kappa shape index (κ2) is 5.64. The number of piperidine rings is 1. The summed E-state index contributed by atoms with van der Waals surface area (Å²) in [6, 6.07) is 8.09. The Morgan fingerprint density at radius 1 is 1.24 bits per heavy atom. The summed E-state index contributed by atoms with van der Waals surface area (Å²) in [5, 5.41) is 1.07. The van der Waals surface area contributed by atoms with Crippen molar-refractivity contribution in [2.45, 2.75) is 27.2 Å². The number of aryl methyl sites for hydroxylation is 1. The van der Waals surface area contributed by atoms with Crippen LogP contribution in [0.2, 0.25) is 0 Å². The van der Waals surface area contributed by atoms with E-state index < -0.39 is 0 Å². The fourth-order valence-electron chi connectivity index (χ4n) is 4.02. The topological polar surface area (TPSA) is 37.3 Å². The van der Waals surface area contributed by atoms with Gasteiger partial charge < -0.3 is 9.88 Å². The highest BCUT2D eigenvalue weighted by Gasteiger charge is 2.28. The van der Waals surface area contributed by atoms with Crippen LogP contribution in [0.3, 0.4) is 0 Å². The maximum absolute atomic E-state index is 12.8. The van der Waals surface area contributed by atoms with Crippen molar-refractivity contribution in [2.24, 2.45) is 11.8 Å². The lowest BCUT2D eigenvalue weighted by Gasteiger charge is -2.31. The number of para-hydroxylation sites is 1. The molecule has 0 spiro atoms. The van der Waals surface area contributed by atoms with Crippen LogP contribution < -0.4 is 4.90 Å². The summed E-state index contributed by atoms with van der Waals surface area (Å²) in [4.78, 5) is 17.6. The first-order valence-corrected chi connectivity index (χ1v) is 7.98. The third-order valence-corrected chi connectivity index (χ3v) is 4.66. The SMILES string of the molecule is Cc1[nH]c2ccccc2c1C(=O)C[NH+]1C[C@@H](C)C[C@H](C)C1. The van der Waals surface area contributed by atoms with Crippen molar-refractivity contribution in [2.75, 3.05) is 19.6 Å². The molecule has 3 nitrogen and oxygen atoms in total. The molecule has 1 aromatic heterocycles. The number of benzene rings is 1. The highest BCUT2D eigenvalue weighted by molar-refractivity contribution is 6.09. The summed E-state index contributed by atoms with van der Waals surface area (Å²) < 4.78 is 0. The smallest absolute Gasteiger partial charge is 0.219 e. The van der Waals surface area contributed by atoms with Gasteiger partial charge in [0.1, 0.15) is 6.54 Å². The normalized spacial score (nSPS) is 26.1. The number of likely N-dealkylation sites (tertiary alicyclic amines) is 1. The number of ketones is 1. The molecule has 2 atom stereocenters. The van der Waals surface area contributed by atoms with Crippen molar-refractivity contribution >= 4 is 16.7 Å². The Labute approximate surface area is 126 Å². The van der Waals surface area contributed by atoms with Gasteiger partial charge in [0.15, 0.2) is 0 Å². The molecule has 2 N–H and O–H groups in total. The zero-order chi connectivity index (χ0) is 15.0. The van der Waals surface area contributed by atoms with Gasteiger partial charge >= 0.3 is 0 Å². The first kappa shape index (κ1) is 14.3. The molecule has 0 bridgehead atoms. The molecule has 21 heavy (non-hydrogen) atoms. The second-order valence-electron chi connectivity index (χ2n) is 6.87. The van der Waals surface area contributed by atoms with Crippen LogP contribution in [0.25, 0.3) is 10.9 Å². The summed E-state index contributed by atoms with van der Waals surface area (Å²) in [5.74, 6) is 1.72. The number of hydrogen-bond acceptors (Lipinski definition) is 1. The van der Waals surface area contributed by atoms with E-state index in [0.717, 1.165) is 47.1 Å². The van der Waals surface area contributed by atoms with Gasteiger partial charge in [0.05, 0.1) is 18.7 Å². The molecule has 0 saturated carbocycles. The highest BCUT2D eigenvalue weighted by atomic mass is 16.1. The number of H-pyrrole nitrogens is 1. The molecular weight excluding hydrogens is 260 g/mol. The number of aromatic nitrogens is 1. The van der Waals surface area contributed by atoms with Gasteiger partial charge in [-0.25, -0.2) is 0 Å². The lowest BCUT2D eigenvalue weighted by Crippen LogP contribution is -3.15. The predicted octanol–water partition coefficient (Wildman–Crippen LogP) is 2.22. The Morgan fingerprint density at radius 2 is 1.90 bits per heavy atom. The first-order chi connectivity index (χ1) is 10.0. The summed E-state index contributed by atoms with van der Waals surface area (Å²) in [6.07, 6.45) is 1.30. The minimum Gasteiger partial charge on any atom is -0.358 e. The van der Waals surface area contributed by atoms with Crippen LogP contribution >= 0.6 is 0 Å². The average Bonchev–Trinajstić information content (AvgIpc) is 2.73. The van der Waals surface area contributed by atoms with Crippen molar-refractivity contribution in [1.82, 2.24) is 4.98 Å². The quantitative estimate of drug-likeness (QED) is 0.834. The molecule has 0 radical (unpaired) electrons. The number of quaternary nitrogens is 1.